The molecule has 140 valence electrons. The largest absolute Gasteiger partial charge is 0.465 e. The fraction of sp³-hybridized carbons (Fsp3) is 0.286. The Morgan fingerprint density at radius 2 is 1.70 bits per heavy atom. The number of nitrogens with zero attached hydrogens (tertiary/aromatic N) is 1. The van der Waals surface area contributed by atoms with Crippen LogP contribution in [0.4, 0.5) is 4.79 Å². The van der Waals surface area contributed by atoms with Crippen LogP contribution in [-0.2, 0) is 22.5 Å². The number of urea groups is 1. The molecule has 1 aliphatic heterocycles. The molecule has 0 unspecified atom stereocenters. The average Bonchev–Trinajstić information content (AvgIpc) is 2.90. The maximum Gasteiger partial charge on any atom is 0.337 e. The smallest absolute Gasteiger partial charge is 0.337 e. The highest BCUT2D eigenvalue weighted by Gasteiger charge is 2.47. The second kappa shape index (κ2) is 7.61. The number of hydrogen-bond donors (Lipinski definition) is 1. The SMILES string of the molecule is COC(=O)c1ccc(CN2C(=O)N[C@](C)(CCc3ccccc3)C2=O)cc1. The number of hydrogen-bond acceptors (Lipinski definition) is 4. The molecule has 0 radical (unpaired) electrons. The molecule has 1 fully saturated rings. The first-order chi connectivity index (χ1) is 12.9. The van der Waals surface area contributed by atoms with Gasteiger partial charge in [-0.3, -0.25) is 9.69 Å². The first-order valence-electron chi connectivity index (χ1n) is 8.78. The number of aryl methyl sites for hydroxylation is 1. The van der Waals surface area contributed by atoms with Crippen LogP contribution in [0, 0.1) is 0 Å². The predicted molar refractivity (Wildman–Crippen MR) is 100 cm³/mol. The molecule has 1 N–H and O–H groups in total. The van der Waals surface area contributed by atoms with E-state index in [9.17, 15) is 14.4 Å². The summed E-state index contributed by atoms with van der Waals surface area (Å²) in [5.74, 6) is -0.662. The van der Waals surface area contributed by atoms with Gasteiger partial charge in [0.15, 0.2) is 0 Å². The van der Waals surface area contributed by atoms with Crippen molar-refractivity contribution >= 4 is 17.9 Å². The third kappa shape index (κ3) is 4.00. The molecule has 2 aromatic rings. The minimum atomic E-state index is -0.918. The number of carbonyl (C=O) groups excluding carboxylic acids is 3. The third-order valence-electron chi connectivity index (χ3n) is 4.82. The van der Waals surface area contributed by atoms with Crippen LogP contribution in [-0.4, -0.2) is 35.5 Å². The van der Waals surface area contributed by atoms with Crippen molar-refractivity contribution in [3.8, 4) is 0 Å². The summed E-state index contributed by atoms with van der Waals surface area (Å²) in [6.45, 7) is 1.92. The lowest BCUT2D eigenvalue weighted by atomic mass is 9.93. The Kier molecular flexibility index (Phi) is 5.26. The Balaban J connectivity index is 1.67. The summed E-state index contributed by atoms with van der Waals surface area (Å²) in [4.78, 5) is 37.9. The van der Waals surface area contributed by atoms with Gasteiger partial charge in [-0.15, -0.1) is 0 Å². The highest BCUT2D eigenvalue weighted by molar-refractivity contribution is 6.06. The van der Waals surface area contributed by atoms with Crippen molar-refractivity contribution in [1.82, 2.24) is 10.2 Å². The summed E-state index contributed by atoms with van der Waals surface area (Å²) in [5.41, 5.74) is 1.39. The maximum atomic E-state index is 12.9. The van der Waals surface area contributed by atoms with Crippen LogP contribution < -0.4 is 5.32 Å². The van der Waals surface area contributed by atoms with Crippen LogP contribution in [0.3, 0.4) is 0 Å². The van der Waals surface area contributed by atoms with Crippen molar-refractivity contribution < 1.29 is 19.1 Å². The highest BCUT2D eigenvalue weighted by atomic mass is 16.5. The number of benzene rings is 2. The van der Waals surface area contributed by atoms with Gasteiger partial charge < -0.3 is 10.1 Å². The second-order valence-corrected chi connectivity index (χ2v) is 6.83. The molecule has 6 heteroatoms. The van der Waals surface area contributed by atoms with Crippen molar-refractivity contribution in [2.24, 2.45) is 0 Å². The van der Waals surface area contributed by atoms with E-state index in [0.29, 0.717) is 18.4 Å². The standard InChI is InChI=1S/C21H22N2O4/c1-21(13-12-15-6-4-3-5-7-15)19(25)23(20(26)22-21)14-16-8-10-17(11-9-16)18(24)27-2/h3-11H,12-14H2,1-2H3,(H,22,26)/t21-/m1/s1. The number of imide groups is 1. The Morgan fingerprint density at radius 3 is 2.33 bits per heavy atom. The first kappa shape index (κ1) is 18.6. The summed E-state index contributed by atoms with van der Waals surface area (Å²) in [7, 11) is 1.32. The normalized spacial score (nSPS) is 19.1. The minimum absolute atomic E-state index is 0.160. The molecule has 0 saturated carbocycles. The summed E-state index contributed by atoms with van der Waals surface area (Å²) < 4.78 is 4.67. The van der Waals surface area contributed by atoms with Crippen LogP contribution in [0.5, 0.6) is 0 Å². The molecule has 27 heavy (non-hydrogen) atoms. The van der Waals surface area contributed by atoms with Gasteiger partial charge in [-0.2, -0.15) is 0 Å². The molecular weight excluding hydrogens is 344 g/mol. The molecular formula is C21H22N2O4. The average molecular weight is 366 g/mol. The van der Waals surface area contributed by atoms with Gasteiger partial charge in [-0.05, 0) is 43.0 Å². The van der Waals surface area contributed by atoms with Gasteiger partial charge in [0.1, 0.15) is 5.54 Å². The predicted octanol–water partition coefficient (Wildman–Crippen LogP) is 2.92. The number of amides is 3. The molecule has 0 spiro atoms. The molecule has 6 nitrogen and oxygen atoms in total. The van der Waals surface area contributed by atoms with Crippen molar-refractivity contribution in [1.29, 1.82) is 0 Å². The maximum absolute atomic E-state index is 12.9. The van der Waals surface area contributed by atoms with E-state index < -0.39 is 17.5 Å². The zero-order chi connectivity index (χ0) is 19.4. The lowest BCUT2D eigenvalue weighted by Crippen LogP contribution is -2.44. The lowest BCUT2D eigenvalue weighted by molar-refractivity contribution is -0.131. The van der Waals surface area contributed by atoms with Crippen molar-refractivity contribution in [3.05, 3.63) is 71.3 Å². The van der Waals surface area contributed by atoms with Crippen molar-refractivity contribution in [2.45, 2.75) is 31.8 Å². The number of methoxy groups -OCH3 is 1. The van der Waals surface area contributed by atoms with Gasteiger partial charge in [0.05, 0.1) is 19.2 Å². The highest BCUT2D eigenvalue weighted by Crippen LogP contribution is 2.25. The quantitative estimate of drug-likeness (QED) is 0.630. The van der Waals surface area contributed by atoms with Gasteiger partial charge >= 0.3 is 12.0 Å². The fourth-order valence-corrected chi connectivity index (χ4v) is 3.15. The van der Waals surface area contributed by atoms with E-state index in [0.717, 1.165) is 11.1 Å². The molecule has 0 aromatic heterocycles. The number of carbonyl (C=O) groups is 3. The van der Waals surface area contributed by atoms with Gasteiger partial charge in [0.2, 0.25) is 0 Å². The number of esters is 1. The zero-order valence-corrected chi connectivity index (χ0v) is 15.4. The van der Waals surface area contributed by atoms with E-state index >= 15 is 0 Å². The molecule has 0 aliphatic carbocycles. The Labute approximate surface area is 158 Å². The van der Waals surface area contributed by atoms with E-state index in [-0.39, 0.29) is 12.5 Å². The van der Waals surface area contributed by atoms with E-state index in [2.05, 4.69) is 10.1 Å². The molecule has 0 bridgehead atoms. The van der Waals surface area contributed by atoms with Gasteiger partial charge in [-0.1, -0.05) is 42.5 Å². The number of nitrogens with one attached hydrogen (secondary N) is 1. The monoisotopic (exact) mass is 366 g/mol. The van der Waals surface area contributed by atoms with E-state index in [1.807, 2.05) is 30.3 Å². The number of rotatable bonds is 6. The van der Waals surface area contributed by atoms with Crippen LogP contribution in [0.15, 0.2) is 54.6 Å². The van der Waals surface area contributed by atoms with Crippen LogP contribution >= 0.6 is 0 Å². The van der Waals surface area contributed by atoms with E-state index in [1.165, 1.54) is 12.0 Å². The minimum Gasteiger partial charge on any atom is -0.465 e. The number of ether oxygens (including phenoxy) is 1. The van der Waals surface area contributed by atoms with Gasteiger partial charge in [0, 0.05) is 0 Å². The van der Waals surface area contributed by atoms with Gasteiger partial charge in [-0.25, -0.2) is 9.59 Å². The molecule has 1 heterocycles. The Bertz CT molecular complexity index is 848. The Hall–Kier alpha value is -3.15. The van der Waals surface area contributed by atoms with E-state index in [4.69, 9.17) is 0 Å². The van der Waals surface area contributed by atoms with E-state index in [1.54, 1.807) is 31.2 Å². The first-order valence-corrected chi connectivity index (χ1v) is 8.78. The topological polar surface area (TPSA) is 75.7 Å². The van der Waals surface area contributed by atoms with Crippen molar-refractivity contribution in [3.63, 3.8) is 0 Å². The molecule has 1 aliphatic rings. The summed E-state index contributed by atoms with van der Waals surface area (Å²) in [5, 5.41) is 2.82. The molecule has 3 amide bonds. The summed E-state index contributed by atoms with van der Waals surface area (Å²) in [6, 6.07) is 16.1. The van der Waals surface area contributed by atoms with Crippen molar-refractivity contribution in [2.75, 3.05) is 7.11 Å². The molecule has 3 rings (SSSR count). The summed E-state index contributed by atoms with van der Waals surface area (Å²) in [6.07, 6.45) is 1.23. The summed E-state index contributed by atoms with van der Waals surface area (Å²) >= 11 is 0. The van der Waals surface area contributed by atoms with Gasteiger partial charge in [0.25, 0.3) is 5.91 Å². The van der Waals surface area contributed by atoms with Crippen LogP contribution in [0.1, 0.15) is 34.8 Å². The second-order valence-electron chi connectivity index (χ2n) is 6.83. The Morgan fingerprint density at radius 1 is 1.04 bits per heavy atom. The van der Waals surface area contributed by atoms with Crippen LogP contribution in [0.25, 0.3) is 0 Å². The fourth-order valence-electron chi connectivity index (χ4n) is 3.15. The molecule has 1 atom stereocenters. The lowest BCUT2D eigenvalue weighted by Gasteiger charge is -2.21. The zero-order valence-electron chi connectivity index (χ0n) is 15.4. The molecule has 1 saturated heterocycles. The third-order valence-corrected chi connectivity index (χ3v) is 4.82. The van der Waals surface area contributed by atoms with Crippen LogP contribution in [0.2, 0.25) is 0 Å². The molecule has 2 aromatic carbocycles.